The molecule has 0 aliphatic rings. The van der Waals surface area contributed by atoms with Crippen LogP contribution in [0.15, 0.2) is 66.2 Å². The van der Waals surface area contributed by atoms with Crippen molar-refractivity contribution in [3.63, 3.8) is 0 Å². The minimum absolute atomic E-state index is 0.293. The number of esters is 1. The number of nitrogens with two attached hydrogens (primary N) is 1. The molecular formula is C23H21N3O2S. The lowest BCUT2D eigenvalue weighted by Gasteiger charge is -2.06. The number of hydrogen-bond acceptors (Lipinski definition) is 5. The maximum Gasteiger partial charge on any atom is 0.341 e. The van der Waals surface area contributed by atoms with E-state index in [4.69, 9.17) is 15.6 Å². The normalized spacial score (nSPS) is 10.8. The summed E-state index contributed by atoms with van der Waals surface area (Å²) in [4.78, 5) is 13.3. The molecule has 2 heterocycles. The van der Waals surface area contributed by atoms with Crippen LogP contribution in [0.2, 0.25) is 0 Å². The second-order valence-corrected chi connectivity index (χ2v) is 7.53. The molecule has 0 spiro atoms. The fourth-order valence-electron chi connectivity index (χ4n) is 3.16. The molecule has 0 aliphatic heterocycles. The lowest BCUT2D eigenvalue weighted by atomic mass is 10.0. The van der Waals surface area contributed by atoms with Gasteiger partial charge in [-0.15, -0.1) is 11.3 Å². The number of hydrogen-bond donors (Lipinski definition) is 1. The van der Waals surface area contributed by atoms with Crippen molar-refractivity contribution in [2.24, 2.45) is 0 Å². The minimum Gasteiger partial charge on any atom is -0.462 e. The largest absolute Gasteiger partial charge is 0.462 e. The highest BCUT2D eigenvalue weighted by Crippen LogP contribution is 2.40. The first-order chi connectivity index (χ1) is 14.1. The highest BCUT2D eigenvalue weighted by atomic mass is 32.1. The Kier molecular flexibility index (Phi) is 5.18. The number of thiophene rings is 1. The molecule has 0 saturated carbocycles. The number of aryl methyl sites for hydroxylation is 1. The average Bonchev–Trinajstić information content (AvgIpc) is 3.33. The summed E-state index contributed by atoms with van der Waals surface area (Å²) in [6.45, 7) is 4.12. The quantitative estimate of drug-likeness (QED) is 0.457. The van der Waals surface area contributed by atoms with Crippen LogP contribution < -0.4 is 5.73 Å². The predicted octanol–water partition coefficient (Wildman–Crippen LogP) is 5.34. The van der Waals surface area contributed by atoms with Gasteiger partial charge in [-0.1, -0.05) is 48.0 Å². The molecule has 0 atom stereocenters. The maximum absolute atomic E-state index is 12.6. The van der Waals surface area contributed by atoms with Crippen molar-refractivity contribution >= 4 is 23.0 Å². The van der Waals surface area contributed by atoms with Gasteiger partial charge in [0.05, 0.1) is 22.9 Å². The number of benzene rings is 2. The van der Waals surface area contributed by atoms with Gasteiger partial charge in [0.2, 0.25) is 0 Å². The van der Waals surface area contributed by atoms with Crippen molar-refractivity contribution in [1.82, 2.24) is 9.78 Å². The van der Waals surface area contributed by atoms with Crippen LogP contribution in [0.3, 0.4) is 0 Å². The molecule has 4 aromatic rings. The van der Waals surface area contributed by atoms with E-state index in [9.17, 15) is 4.79 Å². The van der Waals surface area contributed by atoms with Crippen LogP contribution in [0.5, 0.6) is 0 Å². The van der Waals surface area contributed by atoms with Crippen molar-refractivity contribution in [2.75, 3.05) is 12.3 Å². The van der Waals surface area contributed by atoms with Gasteiger partial charge in [0.15, 0.2) is 0 Å². The lowest BCUT2D eigenvalue weighted by Crippen LogP contribution is -2.07. The smallest absolute Gasteiger partial charge is 0.341 e. The minimum atomic E-state index is -0.413. The Balaban J connectivity index is 1.92. The number of anilines is 1. The zero-order valence-corrected chi connectivity index (χ0v) is 17.1. The molecular weight excluding hydrogens is 382 g/mol. The molecule has 2 N–H and O–H groups in total. The van der Waals surface area contributed by atoms with E-state index in [2.05, 4.69) is 12.1 Å². The maximum atomic E-state index is 12.6. The summed E-state index contributed by atoms with van der Waals surface area (Å²) in [7, 11) is 0. The van der Waals surface area contributed by atoms with Crippen molar-refractivity contribution in [1.29, 1.82) is 0 Å². The van der Waals surface area contributed by atoms with E-state index in [0.29, 0.717) is 17.9 Å². The van der Waals surface area contributed by atoms with E-state index < -0.39 is 5.97 Å². The number of aromatic nitrogens is 2. The molecule has 6 heteroatoms. The molecule has 0 saturated heterocycles. The van der Waals surface area contributed by atoms with Crippen LogP contribution in [0.4, 0.5) is 5.69 Å². The van der Waals surface area contributed by atoms with E-state index in [1.807, 2.05) is 60.3 Å². The van der Waals surface area contributed by atoms with E-state index in [1.165, 1.54) is 16.9 Å². The summed E-state index contributed by atoms with van der Waals surface area (Å²) in [5.74, 6) is -0.413. The lowest BCUT2D eigenvalue weighted by molar-refractivity contribution is 0.0529. The van der Waals surface area contributed by atoms with Crippen LogP contribution in [0.1, 0.15) is 22.8 Å². The Labute approximate surface area is 173 Å². The molecule has 0 aliphatic carbocycles. The molecule has 2 aromatic carbocycles. The Morgan fingerprint density at radius 2 is 1.86 bits per heavy atom. The zero-order chi connectivity index (χ0) is 20.4. The molecule has 146 valence electrons. The standard InChI is InChI=1S/C23H21N3O2S/c1-3-28-23(27)20-19(24)14-29-22(20)18-13-26(17-7-5-4-6-8-17)25-21(18)16-11-9-15(2)10-12-16/h4-14H,3,24H2,1-2H3. The number of rotatable bonds is 5. The van der Waals surface area contributed by atoms with Gasteiger partial charge in [0.1, 0.15) is 11.3 Å². The number of ether oxygens (including phenoxy) is 1. The fraction of sp³-hybridized carbons (Fsp3) is 0.130. The molecule has 4 rings (SSSR count). The third-order valence-corrected chi connectivity index (χ3v) is 5.64. The van der Waals surface area contributed by atoms with Crippen molar-refractivity contribution in [2.45, 2.75) is 13.8 Å². The molecule has 0 radical (unpaired) electrons. The second kappa shape index (κ2) is 7.93. The summed E-state index contributed by atoms with van der Waals surface area (Å²) in [6.07, 6.45) is 1.94. The summed E-state index contributed by atoms with van der Waals surface area (Å²) in [5.41, 5.74) is 11.7. The molecule has 2 aromatic heterocycles. The van der Waals surface area contributed by atoms with Crippen molar-refractivity contribution < 1.29 is 9.53 Å². The second-order valence-electron chi connectivity index (χ2n) is 6.65. The number of carbonyl (C=O) groups excluding carboxylic acids is 1. The van der Waals surface area contributed by atoms with Crippen molar-refractivity contribution in [3.8, 4) is 27.4 Å². The van der Waals surface area contributed by atoms with Crippen LogP contribution in [0.25, 0.3) is 27.4 Å². The van der Waals surface area contributed by atoms with Gasteiger partial charge in [-0.2, -0.15) is 5.10 Å². The molecule has 0 unspecified atom stereocenters. The van der Waals surface area contributed by atoms with Crippen LogP contribution in [0, 0.1) is 6.92 Å². The van der Waals surface area contributed by atoms with E-state index in [0.717, 1.165) is 27.4 Å². The monoisotopic (exact) mass is 403 g/mol. The first-order valence-corrected chi connectivity index (χ1v) is 10.2. The molecule has 5 nitrogen and oxygen atoms in total. The van der Waals surface area contributed by atoms with Gasteiger partial charge in [-0.05, 0) is 26.0 Å². The Morgan fingerprint density at radius 3 is 2.55 bits per heavy atom. The van der Waals surface area contributed by atoms with E-state index in [-0.39, 0.29) is 0 Å². The molecule has 0 fully saturated rings. The van der Waals surface area contributed by atoms with Crippen molar-refractivity contribution in [3.05, 3.63) is 77.3 Å². The Hall–Kier alpha value is -3.38. The third-order valence-electron chi connectivity index (χ3n) is 4.60. The topological polar surface area (TPSA) is 70.1 Å². The van der Waals surface area contributed by atoms with E-state index in [1.54, 1.807) is 12.3 Å². The van der Waals surface area contributed by atoms with Gasteiger partial charge in [-0.25, -0.2) is 9.48 Å². The number of para-hydroxylation sites is 1. The Morgan fingerprint density at radius 1 is 1.14 bits per heavy atom. The first kappa shape index (κ1) is 19.0. The highest BCUT2D eigenvalue weighted by Gasteiger charge is 2.24. The van der Waals surface area contributed by atoms with Gasteiger partial charge >= 0.3 is 5.97 Å². The number of carbonyl (C=O) groups is 1. The first-order valence-electron chi connectivity index (χ1n) is 9.35. The highest BCUT2D eigenvalue weighted by molar-refractivity contribution is 7.14. The average molecular weight is 404 g/mol. The summed E-state index contributed by atoms with van der Waals surface area (Å²) >= 11 is 1.42. The van der Waals surface area contributed by atoms with Gasteiger partial charge in [-0.3, -0.25) is 0 Å². The summed E-state index contributed by atoms with van der Waals surface area (Å²) in [6, 6.07) is 18.1. The third kappa shape index (κ3) is 3.67. The Bertz CT molecular complexity index is 1140. The van der Waals surface area contributed by atoms with Gasteiger partial charge in [0, 0.05) is 22.7 Å². The van der Waals surface area contributed by atoms with Gasteiger partial charge < -0.3 is 10.5 Å². The zero-order valence-electron chi connectivity index (χ0n) is 16.3. The molecule has 0 amide bonds. The molecule has 29 heavy (non-hydrogen) atoms. The fourth-order valence-corrected chi connectivity index (χ4v) is 4.12. The summed E-state index contributed by atoms with van der Waals surface area (Å²) in [5, 5.41) is 6.62. The van der Waals surface area contributed by atoms with E-state index >= 15 is 0 Å². The van der Waals surface area contributed by atoms with Crippen LogP contribution in [-0.2, 0) is 4.74 Å². The number of nitrogen functional groups attached to an aromatic ring is 1. The summed E-state index contributed by atoms with van der Waals surface area (Å²) < 4.78 is 7.07. The SMILES string of the molecule is CCOC(=O)c1c(N)csc1-c1cn(-c2ccccc2)nc1-c1ccc(C)cc1. The van der Waals surface area contributed by atoms with Gasteiger partial charge in [0.25, 0.3) is 0 Å². The predicted molar refractivity (Wildman–Crippen MR) is 117 cm³/mol. The number of nitrogens with zero attached hydrogens (tertiary/aromatic N) is 2. The van der Waals surface area contributed by atoms with Crippen LogP contribution >= 0.6 is 11.3 Å². The molecule has 0 bridgehead atoms. The van der Waals surface area contributed by atoms with Crippen LogP contribution in [-0.4, -0.2) is 22.4 Å².